The van der Waals surface area contributed by atoms with Crippen molar-refractivity contribution in [1.82, 2.24) is 10.5 Å². The number of aryl methyl sites for hydroxylation is 2. The van der Waals surface area contributed by atoms with Gasteiger partial charge in [-0.1, -0.05) is 23.7 Å². The van der Waals surface area contributed by atoms with E-state index in [1.165, 1.54) is 32.1 Å². The van der Waals surface area contributed by atoms with E-state index >= 15 is 0 Å². The Morgan fingerprint density at radius 2 is 1.93 bits per heavy atom. The van der Waals surface area contributed by atoms with E-state index in [9.17, 15) is 4.79 Å². The summed E-state index contributed by atoms with van der Waals surface area (Å²) in [7, 11) is 0. The fourth-order valence-electron chi connectivity index (χ4n) is 6.24. The standard InChI is InChI=1S/C24H30N2O3/c1-14-22(15(2)29-26-14)13-28-18-8-6-16(7-9-18)10-24(27)25-23-12-17-11-21(23)20-5-3-4-19(17)20/h6-9,17,19-21,23H,3-5,10-13H2,1-2H3,(H,25,27). The number of fused-ring (bicyclic) bond motifs is 5. The Kier molecular flexibility index (Phi) is 4.84. The highest BCUT2D eigenvalue weighted by Gasteiger charge is 2.53. The average molecular weight is 395 g/mol. The molecule has 5 nitrogen and oxygen atoms in total. The van der Waals surface area contributed by atoms with Crippen molar-refractivity contribution < 1.29 is 14.1 Å². The van der Waals surface area contributed by atoms with E-state index in [2.05, 4.69) is 10.5 Å². The fourth-order valence-corrected chi connectivity index (χ4v) is 6.24. The SMILES string of the molecule is Cc1noc(C)c1COc1ccc(CC(=O)NC2CC3CC2C2CCCC32)cc1. The summed E-state index contributed by atoms with van der Waals surface area (Å²) in [5, 5.41) is 7.30. The van der Waals surface area contributed by atoms with Crippen LogP contribution in [-0.4, -0.2) is 17.1 Å². The molecule has 2 bridgehead atoms. The average Bonchev–Trinajstić information content (AvgIpc) is 3.45. The summed E-state index contributed by atoms with van der Waals surface area (Å²) in [6.07, 6.45) is 7.19. The number of aromatic nitrogens is 1. The summed E-state index contributed by atoms with van der Waals surface area (Å²) in [4.78, 5) is 12.6. The van der Waals surface area contributed by atoms with E-state index < -0.39 is 0 Å². The van der Waals surface area contributed by atoms with Crippen molar-refractivity contribution in [3.05, 3.63) is 46.8 Å². The van der Waals surface area contributed by atoms with E-state index in [0.29, 0.717) is 19.1 Å². The molecule has 3 saturated carbocycles. The summed E-state index contributed by atoms with van der Waals surface area (Å²) in [6.45, 7) is 4.25. The maximum Gasteiger partial charge on any atom is 0.224 e. The van der Waals surface area contributed by atoms with Gasteiger partial charge in [0, 0.05) is 6.04 Å². The van der Waals surface area contributed by atoms with Crippen LogP contribution < -0.4 is 10.1 Å². The van der Waals surface area contributed by atoms with Crippen molar-refractivity contribution in [2.24, 2.45) is 23.7 Å². The van der Waals surface area contributed by atoms with Crippen molar-refractivity contribution in [3.8, 4) is 5.75 Å². The molecule has 0 radical (unpaired) electrons. The molecule has 1 aromatic heterocycles. The molecule has 0 aliphatic heterocycles. The van der Waals surface area contributed by atoms with Gasteiger partial charge in [-0.3, -0.25) is 4.79 Å². The Morgan fingerprint density at radius 3 is 2.69 bits per heavy atom. The molecule has 2 aromatic rings. The Bertz CT molecular complexity index is 869. The molecule has 1 heterocycles. The maximum atomic E-state index is 12.6. The Hall–Kier alpha value is -2.30. The zero-order valence-electron chi connectivity index (χ0n) is 17.3. The Balaban J connectivity index is 1.13. The number of carbonyl (C=O) groups excluding carboxylic acids is 1. The highest BCUT2D eigenvalue weighted by Crippen LogP contribution is 2.58. The highest BCUT2D eigenvalue weighted by atomic mass is 16.5. The second-order valence-corrected chi connectivity index (χ2v) is 9.24. The topological polar surface area (TPSA) is 64.4 Å². The summed E-state index contributed by atoms with van der Waals surface area (Å²) in [5.41, 5.74) is 2.87. The normalized spacial score (nSPS) is 29.8. The van der Waals surface area contributed by atoms with E-state index in [-0.39, 0.29) is 5.91 Å². The first kappa shape index (κ1) is 18.7. The third kappa shape index (κ3) is 3.56. The molecule has 3 aliphatic carbocycles. The molecule has 1 N–H and O–H groups in total. The molecule has 0 saturated heterocycles. The third-order valence-corrected chi connectivity index (χ3v) is 7.63. The van der Waals surface area contributed by atoms with Gasteiger partial charge in [0.2, 0.25) is 5.91 Å². The van der Waals surface area contributed by atoms with E-state index in [1.807, 2.05) is 38.1 Å². The minimum Gasteiger partial charge on any atom is -0.489 e. The van der Waals surface area contributed by atoms with Crippen molar-refractivity contribution in [3.63, 3.8) is 0 Å². The first-order valence-electron chi connectivity index (χ1n) is 11.0. The number of hydrogen-bond acceptors (Lipinski definition) is 4. The zero-order chi connectivity index (χ0) is 20.0. The van der Waals surface area contributed by atoms with Crippen LogP contribution in [0.25, 0.3) is 0 Å². The van der Waals surface area contributed by atoms with Gasteiger partial charge in [0.05, 0.1) is 17.7 Å². The Morgan fingerprint density at radius 1 is 1.14 bits per heavy atom. The van der Waals surface area contributed by atoms with Crippen molar-refractivity contribution in [2.75, 3.05) is 0 Å². The van der Waals surface area contributed by atoms with Crippen molar-refractivity contribution in [2.45, 2.75) is 65.0 Å². The maximum absolute atomic E-state index is 12.6. The number of benzene rings is 1. The molecule has 154 valence electrons. The van der Waals surface area contributed by atoms with Crippen molar-refractivity contribution >= 4 is 5.91 Å². The van der Waals surface area contributed by atoms with E-state index in [1.54, 1.807) is 0 Å². The van der Waals surface area contributed by atoms with Gasteiger partial charge in [-0.05, 0) is 80.9 Å². The predicted molar refractivity (Wildman–Crippen MR) is 109 cm³/mol. The summed E-state index contributed by atoms with van der Waals surface area (Å²) < 4.78 is 11.0. The molecule has 3 fully saturated rings. The van der Waals surface area contributed by atoms with Crippen molar-refractivity contribution in [1.29, 1.82) is 0 Å². The van der Waals surface area contributed by atoms with Crippen LogP contribution in [0.3, 0.4) is 0 Å². The molecular weight excluding hydrogens is 364 g/mol. The monoisotopic (exact) mass is 394 g/mol. The van der Waals surface area contributed by atoms with Crippen LogP contribution in [0, 0.1) is 37.5 Å². The van der Waals surface area contributed by atoms with Gasteiger partial charge < -0.3 is 14.6 Å². The van der Waals surface area contributed by atoms with Crippen LogP contribution >= 0.6 is 0 Å². The molecular formula is C24H30N2O3. The molecule has 3 aliphatic rings. The lowest BCUT2D eigenvalue weighted by molar-refractivity contribution is -0.121. The lowest BCUT2D eigenvalue weighted by Gasteiger charge is -2.32. The minimum atomic E-state index is 0.154. The molecule has 5 rings (SSSR count). The summed E-state index contributed by atoms with van der Waals surface area (Å²) >= 11 is 0. The van der Waals surface area contributed by atoms with E-state index in [4.69, 9.17) is 9.26 Å². The molecule has 1 aromatic carbocycles. The number of nitrogens with one attached hydrogen (secondary N) is 1. The van der Waals surface area contributed by atoms with Gasteiger partial charge in [0.1, 0.15) is 18.1 Å². The van der Waals surface area contributed by atoms with Crippen LogP contribution in [-0.2, 0) is 17.8 Å². The van der Waals surface area contributed by atoms with Gasteiger partial charge in [0.25, 0.3) is 0 Å². The molecule has 5 atom stereocenters. The molecule has 5 heteroatoms. The minimum absolute atomic E-state index is 0.154. The fraction of sp³-hybridized carbons (Fsp3) is 0.583. The summed E-state index contributed by atoms with van der Waals surface area (Å²) in [6, 6.07) is 8.24. The second-order valence-electron chi connectivity index (χ2n) is 9.24. The number of nitrogens with zero attached hydrogens (tertiary/aromatic N) is 1. The van der Waals surface area contributed by atoms with Crippen LogP contribution in [0.4, 0.5) is 0 Å². The smallest absolute Gasteiger partial charge is 0.224 e. The molecule has 0 spiro atoms. The first-order valence-corrected chi connectivity index (χ1v) is 11.0. The van der Waals surface area contributed by atoms with Gasteiger partial charge >= 0.3 is 0 Å². The molecule has 29 heavy (non-hydrogen) atoms. The van der Waals surface area contributed by atoms with Crippen LogP contribution in [0.1, 0.15) is 54.7 Å². The van der Waals surface area contributed by atoms with E-state index in [0.717, 1.165) is 52.0 Å². The highest BCUT2D eigenvalue weighted by molar-refractivity contribution is 5.79. The largest absolute Gasteiger partial charge is 0.489 e. The quantitative estimate of drug-likeness (QED) is 0.791. The Labute approximate surface area is 172 Å². The number of amides is 1. The van der Waals surface area contributed by atoms with Crippen LogP contribution in [0.5, 0.6) is 5.75 Å². The molecule has 1 amide bonds. The third-order valence-electron chi connectivity index (χ3n) is 7.63. The number of hydrogen-bond donors (Lipinski definition) is 1. The van der Waals surface area contributed by atoms with Crippen LogP contribution in [0.2, 0.25) is 0 Å². The number of carbonyl (C=O) groups is 1. The van der Waals surface area contributed by atoms with Gasteiger partial charge in [-0.2, -0.15) is 0 Å². The summed E-state index contributed by atoms with van der Waals surface area (Å²) in [5.74, 6) is 5.18. The zero-order valence-corrected chi connectivity index (χ0v) is 17.3. The lowest BCUT2D eigenvalue weighted by Crippen LogP contribution is -2.43. The second kappa shape index (κ2) is 7.51. The number of ether oxygens (including phenoxy) is 1. The van der Waals surface area contributed by atoms with Gasteiger partial charge in [0.15, 0.2) is 0 Å². The number of rotatable bonds is 6. The van der Waals surface area contributed by atoms with Gasteiger partial charge in [-0.15, -0.1) is 0 Å². The lowest BCUT2D eigenvalue weighted by atomic mass is 9.79. The predicted octanol–water partition coefficient (Wildman–Crippen LogP) is 4.35. The molecule has 5 unspecified atom stereocenters. The first-order chi connectivity index (χ1) is 14.1. The van der Waals surface area contributed by atoms with Crippen LogP contribution in [0.15, 0.2) is 28.8 Å². The van der Waals surface area contributed by atoms with Gasteiger partial charge in [-0.25, -0.2) is 0 Å².